The Morgan fingerprint density at radius 2 is 1.92 bits per heavy atom. The Morgan fingerprint density at radius 3 is 2.62 bits per heavy atom. The minimum Gasteiger partial charge on any atom is -0.378 e. The number of alkyl halides is 3. The number of morpholine rings is 1. The molecule has 4 rings (SSSR count). The molecule has 0 radical (unpaired) electrons. The molecule has 1 aromatic carbocycles. The lowest BCUT2D eigenvalue weighted by Crippen LogP contribution is -2.36. The maximum atomic E-state index is 13.6. The third kappa shape index (κ3) is 6.77. The van der Waals surface area contributed by atoms with Gasteiger partial charge < -0.3 is 24.4 Å². The number of nitrogens with one attached hydrogen (secondary N) is 1. The summed E-state index contributed by atoms with van der Waals surface area (Å²) in [7, 11) is 3.94. The molecule has 1 amide bonds. The quantitative estimate of drug-likeness (QED) is 0.414. The minimum atomic E-state index is -4.49. The van der Waals surface area contributed by atoms with Gasteiger partial charge in [-0.05, 0) is 63.7 Å². The van der Waals surface area contributed by atoms with Crippen molar-refractivity contribution in [2.45, 2.75) is 32.5 Å². The number of anilines is 1. The number of pyridine rings is 2. The van der Waals surface area contributed by atoms with Crippen LogP contribution in [0.15, 0.2) is 41.5 Å². The number of aromatic nitrogens is 2. The summed E-state index contributed by atoms with van der Waals surface area (Å²) in [4.78, 5) is 35.0. The van der Waals surface area contributed by atoms with Gasteiger partial charge in [0, 0.05) is 32.4 Å². The van der Waals surface area contributed by atoms with Crippen LogP contribution < -0.4 is 15.6 Å². The average Bonchev–Trinajstić information content (AvgIpc) is 2.90. The van der Waals surface area contributed by atoms with Crippen molar-refractivity contribution in [1.29, 1.82) is 0 Å². The van der Waals surface area contributed by atoms with Gasteiger partial charge in [0.1, 0.15) is 11.1 Å². The molecule has 0 unspecified atom stereocenters. The predicted molar refractivity (Wildman–Crippen MR) is 144 cm³/mol. The fourth-order valence-corrected chi connectivity index (χ4v) is 4.73. The van der Waals surface area contributed by atoms with Crippen LogP contribution in [0.5, 0.6) is 0 Å². The molecule has 0 saturated carbocycles. The molecule has 0 aliphatic carbocycles. The Kier molecular flexibility index (Phi) is 8.91. The fraction of sp³-hybridized carbons (Fsp3) is 0.464. The highest BCUT2D eigenvalue weighted by Crippen LogP contribution is 2.33. The maximum Gasteiger partial charge on any atom is 0.416 e. The fourth-order valence-electron chi connectivity index (χ4n) is 4.73. The normalized spacial score (nSPS) is 14.3. The predicted octanol–water partition coefficient (Wildman–Crippen LogP) is 3.68. The number of carbonyl (C=O) groups is 1. The number of hydrogen-bond acceptors (Lipinski definition) is 6. The molecule has 0 spiro atoms. The van der Waals surface area contributed by atoms with E-state index in [-0.39, 0.29) is 23.2 Å². The number of hydrogen-bond donors (Lipinski definition) is 1. The molecule has 0 atom stereocenters. The number of amides is 1. The van der Waals surface area contributed by atoms with Crippen molar-refractivity contribution >= 4 is 22.6 Å². The Balaban J connectivity index is 1.74. The van der Waals surface area contributed by atoms with Crippen molar-refractivity contribution in [3.63, 3.8) is 0 Å². The summed E-state index contributed by atoms with van der Waals surface area (Å²) < 4.78 is 47.8. The van der Waals surface area contributed by atoms with Crippen molar-refractivity contribution in [3.05, 3.63) is 69.1 Å². The molecule has 39 heavy (non-hydrogen) atoms. The van der Waals surface area contributed by atoms with Crippen LogP contribution in [0.1, 0.15) is 39.9 Å². The zero-order valence-electron chi connectivity index (χ0n) is 22.5. The first kappa shape index (κ1) is 28.6. The van der Waals surface area contributed by atoms with E-state index in [1.54, 1.807) is 22.9 Å². The number of rotatable bonds is 9. The van der Waals surface area contributed by atoms with Crippen molar-refractivity contribution in [1.82, 2.24) is 19.8 Å². The molecule has 2 aromatic heterocycles. The van der Waals surface area contributed by atoms with E-state index in [1.807, 2.05) is 14.1 Å². The van der Waals surface area contributed by atoms with E-state index in [2.05, 4.69) is 20.1 Å². The van der Waals surface area contributed by atoms with Crippen molar-refractivity contribution in [2.75, 3.05) is 58.4 Å². The first-order valence-electron chi connectivity index (χ1n) is 13.0. The number of carbonyl (C=O) groups excluding carboxylic acids is 1. The summed E-state index contributed by atoms with van der Waals surface area (Å²) in [6.45, 7) is 5.16. The van der Waals surface area contributed by atoms with Gasteiger partial charge in [0.25, 0.3) is 5.91 Å². The van der Waals surface area contributed by atoms with Crippen LogP contribution in [0.2, 0.25) is 0 Å². The highest BCUT2D eigenvalue weighted by Gasteiger charge is 2.33. The van der Waals surface area contributed by atoms with Gasteiger partial charge in [0.05, 0.1) is 36.2 Å². The minimum absolute atomic E-state index is 0.0316. The molecular weight excluding hydrogens is 511 g/mol. The number of halogens is 3. The monoisotopic (exact) mass is 545 g/mol. The third-order valence-electron chi connectivity index (χ3n) is 6.94. The van der Waals surface area contributed by atoms with E-state index in [9.17, 15) is 22.8 Å². The van der Waals surface area contributed by atoms with Gasteiger partial charge in [-0.3, -0.25) is 9.59 Å². The highest BCUT2D eigenvalue weighted by atomic mass is 19.4. The van der Waals surface area contributed by atoms with Crippen molar-refractivity contribution < 1.29 is 22.7 Å². The molecule has 1 saturated heterocycles. The van der Waals surface area contributed by atoms with Crippen LogP contribution in [-0.2, 0) is 17.5 Å². The molecule has 3 aromatic rings. The number of ether oxygens (including phenoxy) is 1. The van der Waals surface area contributed by atoms with Gasteiger partial charge in [0.15, 0.2) is 0 Å². The van der Waals surface area contributed by atoms with Crippen LogP contribution in [0.25, 0.3) is 11.0 Å². The van der Waals surface area contributed by atoms with E-state index < -0.39 is 23.1 Å². The zero-order valence-corrected chi connectivity index (χ0v) is 22.5. The average molecular weight is 546 g/mol. The molecule has 8 nitrogen and oxygen atoms in total. The summed E-state index contributed by atoms with van der Waals surface area (Å²) in [6.07, 6.45) is 0.169. The van der Waals surface area contributed by atoms with Crippen LogP contribution in [0, 0.1) is 6.92 Å². The van der Waals surface area contributed by atoms with Crippen molar-refractivity contribution in [2.24, 2.45) is 0 Å². The Morgan fingerprint density at radius 1 is 1.18 bits per heavy atom. The number of unbranched alkanes of at least 4 members (excludes halogenated alkanes) is 1. The van der Waals surface area contributed by atoms with Gasteiger partial charge in [-0.1, -0.05) is 12.1 Å². The first-order chi connectivity index (χ1) is 18.6. The van der Waals surface area contributed by atoms with Gasteiger partial charge in [-0.2, -0.15) is 13.2 Å². The van der Waals surface area contributed by atoms with Gasteiger partial charge >= 0.3 is 6.18 Å². The summed E-state index contributed by atoms with van der Waals surface area (Å²) >= 11 is 0. The van der Waals surface area contributed by atoms with Crippen LogP contribution in [-0.4, -0.2) is 73.8 Å². The molecule has 3 heterocycles. The van der Waals surface area contributed by atoms with Crippen LogP contribution in [0.4, 0.5) is 18.9 Å². The first-order valence-corrected chi connectivity index (χ1v) is 13.0. The molecule has 1 N–H and O–H groups in total. The number of fused-ring (bicyclic) bond motifs is 1. The SMILES string of the molecule is Cc1c(Cn2cc(C(=O)NCCCCN(C)C)c(=O)c3ncc(N4CCOCC4)cc32)cccc1C(F)(F)F. The van der Waals surface area contributed by atoms with E-state index in [4.69, 9.17) is 4.74 Å². The number of nitrogens with zero attached hydrogens (tertiary/aromatic N) is 4. The summed E-state index contributed by atoms with van der Waals surface area (Å²) in [5.74, 6) is -0.527. The van der Waals surface area contributed by atoms with Crippen LogP contribution >= 0.6 is 0 Å². The Labute approximate surface area is 225 Å². The third-order valence-corrected chi connectivity index (χ3v) is 6.94. The standard InChI is InChI=1S/C28H34F3N5O3/c1-19-20(7-6-8-23(19)28(29,30)31)17-36-18-22(27(38)32-9-4-5-10-34(2)3)26(37)25-24(36)15-21(16-33-25)35-11-13-39-14-12-35/h6-8,15-16,18H,4-5,9-14,17H2,1-3H3,(H,32,38). The topological polar surface area (TPSA) is 79.7 Å². The van der Waals surface area contributed by atoms with E-state index in [0.29, 0.717) is 43.9 Å². The molecule has 210 valence electrons. The maximum absolute atomic E-state index is 13.6. The zero-order chi connectivity index (χ0) is 28.2. The Bertz CT molecular complexity index is 1380. The van der Waals surface area contributed by atoms with Gasteiger partial charge in [-0.25, -0.2) is 4.98 Å². The lowest BCUT2D eigenvalue weighted by molar-refractivity contribution is -0.138. The second-order valence-corrected chi connectivity index (χ2v) is 10.0. The molecule has 1 aliphatic rings. The van der Waals surface area contributed by atoms with E-state index in [1.165, 1.54) is 19.2 Å². The van der Waals surface area contributed by atoms with Gasteiger partial charge in [0.2, 0.25) is 5.43 Å². The second kappa shape index (κ2) is 12.2. The summed E-state index contributed by atoms with van der Waals surface area (Å²) in [5.41, 5.74) is 0.529. The van der Waals surface area contributed by atoms with E-state index >= 15 is 0 Å². The van der Waals surface area contributed by atoms with Gasteiger partial charge in [-0.15, -0.1) is 0 Å². The Hall–Kier alpha value is -3.44. The molecule has 0 bridgehead atoms. The largest absolute Gasteiger partial charge is 0.416 e. The molecule has 11 heteroatoms. The van der Waals surface area contributed by atoms with E-state index in [0.717, 1.165) is 31.1 Å². The lowest BCUT2D eigenvalue weighted by atomic mass is 10.0. The smallest absolute Gasteiger partial charge is 0.378 e. The lowest BCUT2D eigenvalue weighted by Gasteiger charge is -2.29. The van der Waals surface area contributed by atoms with Crippen molar-refractivity contribution in [3.8, 4) is 0 Å². The second-order valence-electron chi connectivity index (χ2n) is 10.0. The number of benzene rings is 1. The van der Waals surface area contributed by atoms with Crippen LogP contribution in [0.3, 0.4) is 0 Å². The molecular formula is C28H34F3N5O3. The molecule has 1 fully saturated rings. The highest BCUT2D eigenvalue weighted by molar-refractivity contribution is 5.97. The summed E-state index contributed by atoms with van der Waals surface area (Å²) in [6, 6.07) is 5.85. The molecule has 1 aliphatic heterocycles. The summed E-state index contributed by atoms with van der Waals surface area (Å²) in [5, 5.41) is 2.80.